The fourth-order valence-corrected chi connectivity index (χ4v) is 2.09. The Kier molecular flexibility index (Phi) is 3.81. The first-order valence-electron chi connectivity index (χ1n) is 6.01. The third-order valence-corrected chi connectivity index (χ3v) is 3.08. The first-order chi connectivity index (χ1) is 9.04. The number of benzene rings is 1. The summed E-state index contributed by atoms with van der Waals surface area (Å²) in [5.74, 6) is 0.213. The highest BCUT2D eigenvalue weighted by Crippen LogP contribution is 2.32. The van der Waals surface area contributed by atoms with E-state index in [1.165, 1.54) is 6.92 Å². The quantitative estimate of drug-likeness (QED) is 0.922. The number of hydrogen-bond donors (Lipinski definition) is 1. The van der Waals surface area contributed by atoms with Crippen LogP contribution in [0.1, 0.15) is 24.2 Å². The van der Waals surface area contributed by atoms with E-state index in [0.29, 0.717) is 5.56 Å². The number of methoxy groups -OCH3 is 1. The number of hydrogen-bond acceptors (Lipinski definition) is 3. The Morgan fingerprint density at radius 3 is 2.68 bits per heavy atom. The molecule has 2 rings (SSSR count). The Morgan fingerprint density at radius 2 is 2.05 bits per heavy atom. The predicted octanol–water partition coefficient (Wildman–Crippen LogP) is 3.26. The maximum Gasteiger partial charge on any atom is 0.147 e. The molecule has 0 aliphatic heterocycles. The van der Waals surface area contributed by atoms with E-state index in [4.69, 9.17) is 4.74 Å². The van der Waals surface area contributed by atoms with Gasteiger partial charge in [0, 0.05) is 17.3 Å². The summed E-state index contributed by atoms with van der Waals surface area (Å²) in [7, 11) is 1.59. The van der Waals surface area contributed by atoms with Crippen molar-refractivity contribution in [3.05, 3.63) is 47.5 Å². The van der Waals surface area contributed by atoms with Crippen LogP contribution in [0.5, 0.6) is 5.75 Å². The maximum atomic E-state index is 13.8. The van der Waals surface area contributed by atoms with Gasteiger partial charge in [-0.15, -0.1) is 0 Å². The van der Waals surface area contributed by atoms with Gasteiger partial charge in [0.25, 0.3) is 0 Å². The van der Waals surface area contributed by atoms with Crippen molar-refractivity contribution < 1.29 is 14.2 Å². The second kappa shape index (κ2) is 5.36. The normalized spacial score (nSPS) is 12.3. The molecule has 0 aliphatic rings. The molecule has 0 bridgehead atoms. The standard InChI is InChI=1S/C15H16FNO2/c1-9-4-5-11(6-14(9)19-3)12-7-17-8-13(16)15(12)10(2)18/h4-8,10,18H,1-3H3. The van der Waals surface area contributed by atoms with Crippen LogP contribution in [0.2, 0.25) is 0 Å². The van der Waals surface area contributed by atoms with Crippen molar-refractivity contribution in [2.24, 2.45) is 0 Å². The van der Waals surface area contributed by atoms with E-state index in [9.17, 15) is 9.50 Å². The topological polar surface area (TPSA) is 42.4 Å². The number of ether oxygens (including phenoxy) is 1. The summed E-state index contributed by atoms with van der Waals surface area (Å²) in [6.45, 7) is 3.47. The van der Waals surface area contributed by atoms with Crippen molar-refractivity contribution in [3.63, 3.8) is 0 Å². The van der Waals surface area contributed by atoms with Crippen molar-refractivity contribution >= 4 is 0 Å². The number of rotatable bonds is 3. The minimum absolute atomic E-state index is 0.251. The van der Waals surface area contributed by atoms with Crippen LogP contribution in [0, 0.1) is 12.7 Å². The predicted molar refractivity (Wildman–Crippen MR) is 71.6 cm³/mol. The summed E-state index contributed by atoms with van der Waals surface area (Å²) in [6.07, 6.45) is 1.76. The SMILES string of the molecule is COc1cc(-c2cncc(F)c2C(C)O)ccc1C. The van der Waals surface area contributed by atoms with Crippen molar-refractivity contribution in [2.45, 2.75) is 20.0 Å². The van der Waals surface area contributed by atoms with E-state index in [0.717, 1.165) is 23.1 Å². The summed E-state index contributed by atoms with van der Waals surface area (Å²) in [6, 6.07) is 5.57. The molecule has 1 N–H and O–H groups in total. The fourth-order valence-electron chi connectivity index (χ4n) is 2.09. The molecule has 0 radical (unpaired) electrons. The fraction of sp³-hybridized carbons (Fsp3) is 0.267. The van der Waals surface area contributed by atoms with Gasteiger partial charge in [0.05, 0.1) is 19.4 Å². The Labute approximate surface area is 111 Å². The molecule has 19 heavy (non-hydrogen) atoms. The Morgan fingerprint density at radius 1 is 1.32 bits per heavy atom. The first-order valence-corrected chi connectivity index (χ1v) is 6.01. The second-order valence-corrected chi connectivity index (χ2v) is 4.44. The van der Waals surface area contributed by atoms with E-state index in [2.05, 4.69) is 4.98 Å². The Hall–Kier alpha value is -1.94. The molecule has 1 unspecified atom stereocenters. The summed E-state index contributed by atoms with van der Waals surface area (Å²) in [5.41, 5.74) is 2.59. The molecule has 1 atom stereocenters. The lowest BCUT2D eigenvalue weighted by Crippen LogP contribution is -2.01. The molecule has 4 heteroatoms. The lowest BCUT2D eigenvalue weighted by molar-refractivity contribution is 0.194. The van der Waals surface area contributed by atoms with Gasteiger partial charge in [0.1, 0.15) is 11.6 Å². The van der Waals surface area contributed by atoms with E-state index in [-0.39, 0.29) is 5.56 Å². The minimum Gasteiger partial charge on any atom is -0.496 e. The van der Waals surface area contributed by atoms with Gasteiger partial charge < -0.3 is 9.84 Å². The smallest absolute Gasteiger partial charge is 0.147 e. The zero-order valence-corrected chi connectivity index (χ0v) is 11.1. The number of nitrogens with zero attached hydrogens (tertiary/aromatic N) is 1. The number of aliphatic hydroxyl groups excluding tert-OH is 1. The highest BCUT2D eigenvalue weighted by Gasteiger charge is 2.16. The third kappa shape index (κ3) is 2.58. The summed E-state index contributed by atoms with van der Waals surface area (Å²) >= 11 is 0. The molecule has 0 saturated heterocycles. The van der Waals surface area contributed by atoms with Crippen LogP contribution in [0.25, 0.3) is 11.1 Å². The number of aromatic nitrogens is 1. The average molecular weight is 261 g/mol. The monoisotopic (exact) mass is 261 g/mol. The maximum absolute atomic E-state index is 13.8. The van der Waals surface area contributed by atoms with Crippen molar-refractivity contribution in [3.8, 4) is 16.9 Å². The Bertz CT molecular complexity index is 597. The Balaban J connectivity index is 2.62. The second-order valence-electron chi connectivity index (χ2n) is 4.44. The van der Waals surface area contributed by atoms with Crippen LogP contribution >= 0.6 is 0 Å². The van der Waals surface area contributed by atoms with Gasteiger partial charge in [0.2, 0.25) is 0 Å². The number of halogens is 1. The molecule has 0 amide bonds. The van der Waals surface area contributed by atoms with Gasteiger partial charge in [0.15, 0.2) is 0 Å². The van der Waals surface area contributed by atoms with E-state index >= 15 is 0 Å². The van der Waals surface area contributed by atoms with E-state index < -0.39 is 11.9 Å². The van der Waals surface area contributed by atoms with Crippen LogP contribution in [-0.2, 0) is 0 Å². The molecule has 0 aliphatic carbocycles. The van der Waals surface area contributed by atoms with Crippen LogP contribution in [-0.4, -0.2) is 17.2 Å². The number of aryl methyl sites for hydroxylation is 1. The average Bonchev–Trinajstić information content (AvgIpc) is 2.38. The first kappa shape index (κ1) is 13.5. The summed E-state index contributed by atoms with van der Waals surface area (Å²) in [4.78, 5) is 3.85. The number of aliphatic hydroxyl groups is 1. The molecule has 0 spiro atoms. The molecular weight excluding hydrogens is 245 g/mol. The number of pyridine rings is 1. The van der Waals surface area contributed by atoms with Gasteiger partial charge in [-0.2, -0.15) is 0 Å². The summed E-state index contributed by atoms with van der Waals surface area (Å²) in [5, 5.41) is 9.73. The molecule has 100 valence electrons. The lowest BCUT2D eigenvalue weighted by Gasteiger charge is -2.14. The van der Waals surface area contributed by atoms with Crippen LogP contribution in [0.15, 0.2) is 30.6 Å². The molecule has 0 saturated carbocycles. The van der Waals surface area contributed by atoms with Gasteiger partial charge in [-0.1, -0.05) is 12.1 Å². The molecular formula is C15H16FNO2. The molecule has 2 aromatic rings. The van der Waals surface area contributed by atoms with Crippen molar-refractivity contribution in [2.75, 3.05) is 7.11 Å². The van der Waals surface area contributed by atoms with Crippen LogP contribution in [0.4, 0.5) is 4.39 Å². The molecule has 1 aromatic heterocycles. The van der Waals surface area contributed by atoms with Gasteiger partial charge in [-0.05, 0) is 31.0 Å². The minimum atomic E-state index is -0.898. The zero-order chi connectivity index (χ0) is 14.0. The third-order valence-electron chi connectivity index (χ3n) is 3.08. The zero-order valence-electron chi connectivity index (χ0n) is 11.1. The largest absolute Gasteiger partial charge is 0.496 e. The van der Waals surface area contributed by atoms with Crippen LogP contribution in [0.3, 0.4) is 0 Å². The van der Waals surface area contributed by atoms with Crippen molar-refractivity contribution in [1.82, 2.24) is 4.98 Å². The van der Waals surface area contributed by atoms with E-state index in [1.807, 2.05) is 25.1 Å². The molecule has 1 heterocycles. The van der Waals surface area contributed by atoms with Crippen molar-refractivity contribution in [1.29, 1.82) is 0 Å². The molecule has 0 fully saturated rings. The highest BCUT2D eigenvalue weighted by atomic mass is 19.1. The molecule has 3 nitrogen and oxygen atoms in total. The van der Waals surface area contributed by atoms with Crippen LogP contribution < -0.4 is 4.74 Å². The van der Waals surface area contributed by atoms with Gasteiger partial charge in [-0.25, -0.2) is 4.39 Å². The highest BCUT2D eigenvalue weighted by molar-refractivity contribution is 5.69. The summed E-state index contributed by atoms with van der Waals surface area (Å²) < 4.78 is 19.1. The lowest BCUT2D eigenvalue weighted by atomic mass is 9.97. The van der Waals surface area contributed by atoms with Gasteiger partial charge in [-0.3, -0.25) is 4.98 Å². The van der Waals surface area contributed by atoms with E-state index in [1.54, 1.807) is 13.3 Å². The molecule has 1 aromatic carbocycles. The van der Waals surface area contributed by atoms with Gasteiger partial charge >= 0.3 is 0 Å².